The molecule has 1 unspecified atom stereocenters. The summed E-state index contributed by atoms with van der Waals surface area (Å²) in [6.07, 6.45) is 32.7. The SMILES string of the molecule is CCCCCCCCC(C)C(C1(C)CCCCC1)(C1(C)CCCCC1)C1(C)CCCCC1. The smallest absolute Gasteiger partial charge is 0.0110 e. The molecule has 0 radical (unpaired) electrons. The molecule has 0 heterocycles. The lowest BCUT2D eigenvalue weighted by Gasteiger charge is -2.72. The summed E-state index contributed by atoms with van der Waals surface area (Å²) in [4.78, 5) is 0. The minimum absolute atomic E-state index is 0.525. The van der Waals surface area contributed by atoms with Crippen LogP contribution in [0.3, 0.4) is 0 Å². The quantitative estimate of drug-likeness (QED) is 0.278. The molecule has 0 N–H and O–H groups in total. The molecule has 0 nitrogen and oxygen atoms in total. The van der Waals surface area contributed by atoms with Gasteiger partial charge in [-0.2, -0.15) is 0 Å². The summed E-state index contributed by atoms with van der Waals surface area (Å²) >= 11 is 0. The summed E-state index contributed by atoms with van der Waals surface area (Å²) in [5.41, 5.74) is 2.17. The van der Waals surface area contributed by atoms with Crippen LogP contribution in [-0.4, -0.2) is 0 Å². The fourth-order valence-electron chi connectivity index (χ4n) is 10.6. The first-order chi connectivity index (χ1) is 15.4. The highest BCUT2D eigenvalue weighted by Crippen LogP contribution is 2.75. The molecule has 0 aromatic carbocycles. The Morgan fingerprint density at radius 3 is 1.25 bits per heavy atom. The van der Waals surface area contributed by atoms with E-state index in [4.69, 9.17) is 0 Å². The van der Waals surface area contributed by atoms with Crippen molar-refractivity contribution in [3.05, 3.63) is 0 Å². The molecular weight excluding hydrogens is 384 g/mol. The maximum absolute atomic E-state index is 2.82. The average Bonchev–Trinajstić information content (AvgIpc) is 2.77. The maximum atomic E-state index is 2.82. The third-order valence-corrected chi connectivity index (χ3v) is 11.5. The van der Waals surface area contributed by atoms with Gasteiger partial charge >= 0.3 is 0 Å². The third-order valence-electron chi connectivity index (χ3n) is 11.5. The van der Waals surface area contributed by atoms with E-state index in [9.17, 15) is 0 Å². The van der Waals surface area contributed by atoms with Crippen LogP contribution in [0.2, 0.25) is 0 Å². The van der Waals surface area contributed by atoms with Gasteiger partial charge in [0.1, 0.15) is 0 Å². The lowest BCUT2D eigenvalue weighted by atomic mass is 9.33. The molecule has 0 amide bonds. The molecule has 0 aromatic rings. The first-order valence-corrected chi connectivity index (χ1v) is 15.4. The zero-order valence-electron chi connectivity index (χ0n) is 23.1. The summed E-state index contributed by atoms with van der Waals surface area (Å²) < 4.78 is 0. The molecule has 0 aliphatic heterocycles. The molecule has 0 heteroatoms. The molecule has 1 atom stereocenters. The Bertz CT molecular complexity index is 464. The lowest BCUT2D eigenvalue weighted by molar-refractivity contribution is -0.232. The second kappa shape index (κ2) is 11.6. The Morgan fingerprint density at radius 2 is 0.875 bits per heavy atom. The van der Waals surface area contributed by atoms with Gasteiger partial charge in [-0.25, -0.2) is 0 Å². The Labute approximate surface area is 203 Å². The van der Waals surface area contributed by atoms with E-state index in [0.29, 0.717) is 21.7 Å². The van der Waals surface area contributed by atoms with Crippen LogP contribution < -0.4 is 0 Å². The van der Waals surface area contributed by atoms with E-state index >= 15 is 0 Å². The van der Waals surface area contributed by atoms with E-state index in [1.165, 1.54) is 141 Å². The number of rotatable bonds is 11. The summed E-state index contributed by atoms with van der Waals surface area (Å²) in [7, 11) is 0. The molecule has 3 saturated carbocycles. The summed E-state index contributed by atoms with van der Waals surface area (Å²) in [6.45, 7) is 13.6. The van der Waals surface area contributed by atoms with Crippen LogP contribution in [0.25, 0.3) is 0 Å². The van der Waals surface area contributed by atoms with Crippen LogP contribution >= 0.6 is 0 Å². The van der Waals surface area contributed by atoms with Gasteiger partial charge in [-0.1, -0.05) is 137 Å². The molecule has 3 fully saturated rings. The van der Waals surface area contributed by atoms with E-state index in [1.807, 2.05) is 0 Å². The monoisotopic (exact) mass is 444 g/mol. The van der Waals surface area contributed by atoms with Gasteiger partial charge in [-0.15, -0.1) is 0 Å². The van der Waals surface area contributed by atoms with Crippen molar-refractivity contribution in [3.8, 4) is 0 Å². The van der Waals surface area contributed by atoms with Crippen LogP contribution in [0.5, 0.6) is 0 Å². The standard InChI is InChI=1S/C32H60/c1-6-7-8-9-10-14-21-28(2)32(29(3)22-15-11-16-23-29,30(4)24-17-12-18-25-30)31(5)26-19-13-20-27-31/h28H,6-27H2,1-5H3. The molecule has 0 bridgehead atoms. The topological polar surface area (TPSA) is 0 Å². The third kappa shape index (κ3) is 5.00. The first-order valence-electron chi connectivity index (χ1n) is 15.4. The predicted octanol–water partition coefficient (Wildman–Crippen LogP) is 11.3. The molecule has 0 aromatic heterocycles. The summed E-state index contributed by atoms with van der Waals surface area (Å²) in [5, 5.41) is 0. The molecular formula is C32H60. The predicted molar refractivity (Wildman–Crippen MR) is 143 cm³/mol. The van der Waals surface area contributed by atoms with Crippen LogP contribution in [0.1, 0.15) is 176 Å². The van der Waals surface area contributed by atoms with Crippen molar-refractivity contribution < 1.29 is 0 Å². The van der Waals surface area contributed by atoms with Crippen molar-refractivity contribution in [1.29, 1.82) is 0 Å². The second-order valence-electron chi connectivity index (χ2n) is 13.6. The molecule has 3 aliphatic carbocycles. The fourth-order valence-corrected chi connectivity index (χ4v) is 10.6. The lowest BCUT2D eigenvalue weighted by Crippen LogP contribution is -2.64. The van der Waals surface area contributed by atoms with Crippen LogP contribution in [0.15, 0.2) is 0 Å². The summed E-state index contributed by atoms with van der Waals surface area (Å²) in [5.74, 6) is 0.878. The Balaban J connectivity index is 1.98. The van der Waals surface area contributed by atoms with E-state index in [1.54, 1.807) is 0 Å². The normalized spacial score (nSPS) is 26.5. The van der Waals surface area contributed by atoms with E-state index in [2.05, 4.69) is 34.6 Å². The van der Waals surface area contributed by atoms with Gasteiger partial charge in [0.25, 0.3) is 0 Å². The zero-order chi connectivity index (χ0) is 23.1. The van der Waals surface area contributed by atoms with Crippen molar-refractivity contribution in [2.75, 3.05) is 0 Å². The highest BCUT2D eigenvalue weighted by Gasteiger charge is 2.67. The van der Waals surface area contributed by atoms with Crippen LogP contribution in [-0.2, 0) is 0 Å². The van der Waals surface area contributed by atoms with Gasteiger partial charge in [-0.05, 0) is 66.1 Å². The van der Waals surface area contributed by atoms with Gasteiger partial charge in [0.15, 0.2) is 0 Å². The summed E-state index contributed by atoms with van der Waals surface area (Å²) in [6, 6.07) is 0. The Kier molecular flexibility index (Phi) is 9.66. The average molecular weight is 445 g/mol. The number of unbranched alkanes of at least 4 members (excludes halogenated alkanes) is 5. The van der Waals surface area contributed by atoms with Crippen molar-refractivity contribution in [2.24, 2.45) is 27.6 Å². The maximum Gasteiger partial charge on any atom is -0.0110 e. The first kappa shape index (κ1) is 26.6. The molecule has 32 heavy (non-hydrogen) atoms. The molecule has 3 aliphatic rings. The molecule has 0 spiro atoms. The highest BCUT2D eigenvalue weighted by atomic mass is 14.7. The van der Waals surface area contributed by atoms with Gasteiger partial charge in [0.2, 0.25) is 0 Å². The molecule has 3 rings (SSSR count). The van der Waals surface area contributed by atoms with Gasteiger partial charge in [0.05, 0.1) is 0 Å². The van der Waals surface area contributed by atoms with Crippen LogP contribution in [0.4, 0.5) is 0 Å². The zero-order valence-corrected chi connectivity index (χ0v) is 23.1. The van der Waals surface area contributed by atoms with Crippen molar-refractivity contribution >= 4 is 0 Å². The van der Waals surface area contributed by atoms with E-state index < -0.39 is 0 Å². The van der Waals surface area contributed by atoms with Crippen molar-refractivity contribution in [2.45, 2.75) is 176 Å². The number of hydrogen-bond acceptors (Lipinski definition) is 0. The highest BCUT2D eigenvalue weighted by molar-refractivity contribution is 5.16. The Morgan fingerprint density at radius 1 is 0.531 bits per heavy atom. The minimum Gasteiger partial charge on any atom is -0.0654 e. The van der Waals surface area contributed by atoms with E-state index in [0.717, 1.165) is 5.92 Å². The van der Waals surface area contributed by atoms with Crippen LogP contribution in [0, 0.1) is 27.6 Å². The molecule has 188 valence electrons. The largest absolute Gasteiger partial charge is 0.0654 e. The fraction of sp³-hybridized carbons (Fsp3) is 1.00. The molecule has 0 saturated heterocycles. The van der Waals surface area contributed by atoms with Gasteiger partial charge < -0.3 is 0 Å². The Hall–Kier alpha value is 0. The van der Waals surface area contributed by atoms with Gasteiger partial charge in [0, 0.05) is 0 Å². The minimum atomic E-state index is 0.525. The van der Waals surface area contributed by atoms with E-state index in [-0.39, 0.29) is 0 Å². The van der Waals surface area contributed by atoms with Gasteiger partial charge in [-0.3, -0.25) is 0 Å². The number of hydrogen-bond donors (Lipinski definition) is 0. The second-order valence-corrected chi connectivity index (χ2v) is 13.6. The van der Waals surface area contributed by atoms with Crippen molar-refractivity contribution in [1.82, 2.24) is 0 Å². The van der Waals surface area contributed by atoms with Crippen molar-refractivity contribution in [3.63, 3.8) is 0 Å².